The minimum absolute atomic E-state index is 0.0297. The molecule has 0 radical (unpaired) electrons. The molecular weight excluding hydrogens is 290 g/mol. The fourth-order valence-electron chi connectivity index (χ4n) is 1.93. The summed E-state index contributed by atoms with van der Waals surface area (Å²) in [4.78, 5) is 15.5. The van der Waals surface area contributed by atoms with Gasteiger partial charge in [0.15, 0.2) is 15.5 Å². The molecule has 0 aromatic carbocycles. The Labute approximate surface area is 116 Å². The van der Waals surface area contributed by atoms with Gasteiger partial charge in [0.1, 0.15) is 0 Å². The molecule has 1 saturated carbocycles. The molecule has 0 bridgehead atoms. The molecule has 1 aromatic heterocycles. The summed E-state index contributed by atoms with van der Waals surface area (Å²) in [5.74, 6) is -0.948. The number of carbonyl (C=O) groups excluding carboxylic acids is 1. The molecule has 0 N–H and O–H groups in total. The van der Waals surface area contributed by atoms with Crippen molar-refractivity contribution in [3.8, 4) is 0 Å². The topological polar surface area (TPSA) is 73.3 Å². The molecule has 5 nitrogen and oxygen atoms in total. The molecule has 0 spiro atoms. The highest BCUT2D eigenvalue weighted by Gasteiger charge is 2.33. The lowest BCUT2D eigenvalue weighted by molar-refractivity contribution is 0.0593. The zero-order valence-corrected chi connectivity index (χ0v) is 12.0. The summed E-state index contributed by atoms with van der Waals surface area (Å²) in [5, 5.41) is -0.104. The van der Waals surface area contributed by atoms with Gasteiger partial charge in [-0.3, -0.25) is 0 Å². The van der Waals surface area contributed by atoms with Gasteiger partial charge in [-0.2, -0.15) is 0 Å². The van der Waals surface area contributed by atoms with Crippen LogP contribution in [0.15, 0.2) is 12.3 Å². The van der Waals surface area contributed by atoms with Gasteiger partial charge < -0.3 is 4.74 Å². The summed E-state index contributed by atoms with van der Waals surface area (Å²) in [6.07, 6.45) is 3.63. The number of halogens is 1. The van der Waals surface area contributed by atoms with E-state index in [0.29, 0.717) is 12.8 Å². The summed E-state index contributed by atoms with van der Waals surface area (Å²) in [5.41, 5.74) is 0.195. The van der Waals surface area contributed by atoms with Crippen LogP contribution in [0.4, 0.5) is 0 Å². The highest BCUT2D eigenvalue weighted by molar-refractivity contribution is 7.91. The van der Waals surface area contributed by atoms with Crippen LogP contribution in [-0.2, 0) is 20.3 Å². The fraction of sp³-hybridized carbons (Fsp3) is 0.500. The Balaban J connectivity index is 2.36. The van der Waals surface area contributed by atoms with Gasteiger partial charge in [-0.1, -0.05) is 18.0 Å². The van der Waals surface area contributed by atoms with Gasteiger partial charge in [0, 0.05) is 16.8 Å². The number of aromatic nitrogens is 1. The van der Waals surface area contributed by atoms with Crippen molar-refractivity contribution >= 4 is 27.4 Å². The predicted octanol–water partition coefficient (Wildman–Crippen LogP) is 1.99. The standard InChI is InChI=1S/C12H14ClNO4S/c1-18-12(15)11-9(10(13)5-6-14-11)7-19(16,17)8-3-2-4-8/h5-6,8H,2-4,7H2,1H3. The van der Waals surface area contributed by atoms with Gasteiger partial charge in [0.05, 0.1) is 18.1 Å². The third-order valence-electron chi connectivity index (χ3n) is 3.28. The van der Waals surface area contributed by atoms with Crippen molar-refractivity contribution in [1.29, 1.82) is 0 Å². The molecule has 0 aliphatic heterocycles. The van der Waals surface area contributed by atoms with Gasteiger partial charge >= 0.3 is 5.97 Å². The predicted molar refractivity (Wildman–Crippen MR) is 70.8 cm³/mol. The maximum absolute atomic E-state index is 12.2. The fourth-order valence-corrected chi connectivity index (χ4v) is 4.20. The van der Waals surface area contributed by atoms with Crippen molar-refractivity contribution in [2.24, 2.45) is 0 Å². The first-order chi connectivity index (χ1) is 8.95. The van der Waals surface area contributed by atoms with Gasteiger partial charge in [-0.15, -0.1) is 0 Å². The van der Waals surface area contributed by atoms with Gasteiger partial charge in [-0.05, 0) is 18.9 Å². The van der Waals surface area contributed by atoms with Crippen molar-refractivity contribution in [3.63, 3.8) is 0 Å². The number of hydrogen-bond donors (Lipinski definition) is 0. The third-order valence-corrected chi connectivity index (χ3v) is 5.82. The minimum atomic E-state index is -3.30. The van der Waals surface area contributed by atoms with Crippen molar-refractivity contribution in [3.05, 3.63) is 28.5 Å². The Bertz CT molecular complexity index is 596. The first-order valence-electron chi connectivity index (χ1n) is 5.89. The van der Waals surface area contributed by atoms with Crippen LogP contribution < -0.4 is 0 Å². The number of pyridine rings is 1. The second kappa shape index (κ2) is 5.46. The first kappa shape index (κ1) is 14.3. The van der Waals surface area contributed by atoms with Crippen LogP contribution in [0.25, 0.3) is 0 Å². The Morgan fingerprint density at radius 3 is 2.74 bits per heavy atom. The second-order valence-electron chi connectivity index (χ2n) is 4.47. The number of esters is 1. The largest absolute Gasteiger partial charge is 0.464 e. The number of nitrogens with zero attached hydrogens (tertiary/aromatic N) is 1. The van der Waals surface area contributed by atoms with Gasteiger partial charge in [0.25, 0.3) is 0 Å². The van der Waals surface area contributed by atoms with Crippen LogP contribution in [0.2, 0.25) is 5.02 Å². The minimum Gasteiger partial charge on any atom is -0.464 e. The Kier molecular flexibility index (Phi) is 4.10. The third kappa shape index (κ3) is 2.90. The summed E-state index contributed by atoms with van der Waals surface area (Å²) >= 11 is 5.99. The normalized spacial score (nSPS) is 15.9. The zero-order chi connectivity index (χ0) is 14.0. The SMILES string of the molecule is COC(=O)c1nccc(Cl)c1CS(=O)(=O)C1CCC1. The molecule has 0 amide bonds. The molecule has 1 aromatic rings. The second-order valence-corrected chi connectivity index (χ2v) is 7.16. The molecule has 2 rings (SSSR count). The van der Waals surface area contributed by atoms with E-state index in [1.807, 2.05) is 0 Å². The molecule has 0 atom stereocenters. The maximum Gasteiger partial charge on any atom is 0.357 e. The molecule has 104 valence electrons. The average molecular weight is 304 g/mol. The van der Waals surface area contributed by atoms with Crippen molar-refractivity contribution in [2.75, 3.05) is 7.11 Å². The van der Waals surface area contributed by atoms with Crippen LogP contribution in [-0.4, -0.2) is 31.7 Å². The number of ether oxygens (including phenoxy) is 1. The van der Waals surface area contributed by atoms with E-state index in [-0.39, 0.29) is 27.3 Å². The van der Waals surface area contributed by atoms with Crippen molar-refractivity contribution < 1.29 is 17.9 Å². The van der Waals surface area contributed by atoms with E-state index >= 15 is 0 Å². The molecule has 1 aliphatic rings. The first-order valence-corrected chi connectivity index (χ1v) is 7.98. The molecule has 1 fully saturated rings. The lowest BCUT2D eigenvalue weighted by Gasteiger charge is -2.25. The monoisotopic (exact) mass is 303 g/mol. The average Bonchev–Trinajstić information content (AvgIpc) is 2.27. The van der Waals surface area contributed by atoms with E-state index < -0.39 is 15.8 Å². The quantitative estimate of drug-likeness (QED) is 0.795. The maximum atomic E-state index is 12.2. The molecule has 1 aliphatic carbocycles. The van der Waals surface area contributed by atoms with Gasteiger partial charge in [-0.25, -0.2) is 18.2 Å². The van der Waals surface area contributed by atoms with Crippen molar-refractivity contribution in [2.45, 2.75) is 30.3 Å². The molecule has 19 heavy (non-hydrogen) atoms. The van der Waals surface area contributed by atoms with E-state index in [1.165, 1.54) is 19.4 Å². The van der Waals surface area contributed by atoms with E-state index in [1.54, 1.807) is 0 Å². The van der Waals surface area contributed by atoms with Crippen LogP contribution in [0.1, 0.15) is 35.3 Å². The highest BCUT2D eigenvalue weighted by atomic mass is 35.5. The molecule has 0 saturated heterocycles. The molecule has 0 unspecified atom stereocenters. The Morgan fingerprint density at radius 1 is 1.53 bits per heavy atom. The number of methoxy groups -OCH3 is 1. The van der Waals surface area contributed by atoms with Crippen LogP contribution in [0.5, 0.6) is 0 Å². The van der Waals surface area contributed by atoms with Crippen molar-refractivity contribution in [1.82, 2.24) is 4.98 Å². The van der Waals surface area contributed by atoms with Crippen LogP contribution >= 0.6 is 11.6 Å². The lowest BCUT2D eigenvalue weighted by Crippen LogP contribution is -2.30. The van der Waals surface area contributed by atoms with Gasteiger partial charge in [0.2, 0.25) is 0 Å². The van der Waals surface area contributed by atoms with Crippen LogP contribution in [0, 0.1) is 0 Å². The number of carbonyl (C=O) groups is 1. The Morgan fingerprint density at radius 2 is 2.21 bits per heavy atom. The van der Waals surface area contributed by atoms with E-state index in [2.05, 4.69) is 9.72 Å². The summed E-state index contributed by atoms with van der Waals surface area (Å²) < 4.78 is 28.9. The summed E-state index contributed by atoms with van der Waals surface area (Å²) in [7, 11) is -2.08. The molecule has 7 heteroatoms. The van der Waals surface area contributed by atoms with E-state index in [4.69, 9.17) is 11.6 Å². The summed E-state index contributed by atoms with van der Waals surface area (Å²) in [6.45, 7) is 0. The highest BCUT2D eigenvalue weighted by Crippen LogP contribution is 2.31. The Hall–Kier alpha value is -1.14. The lowest BCUT2D eigenvalue weighted by atomic mass is 10.00. The summed E-state index contributed by atoms with van der Waals surface area (Å²) in [6, 6.07) is 1.47. The molecular formula is C12H14ClNO4S. The number of rotatable bonds is 4. The molecule has 1 heterocycles. The smallest absolute Gasteiger partial charge is 0.357 e. The van der Waals surface area contributed by atoms with E-state index in [9.17, 15) is 13.2 Å². The van der Waals surface area contributed by atoms with E-state index in [0.717, 1.165) is 6.42 Å². The number of sulfone groups is 1. The van der Waals surface area contributed by atoms with Crippen LogP contribution in [0.3, 0.4) is 0 Å². The zero-order valence-electron chi connectivity index (χ0n) is 10.4. The number of hydrogen-bond acceptors (Lipinski definition) is 5.